The van der Waals surface area contributed by atoms with Gasteiger partial charge in [0.2, 0.25) is 0 Å². The molecule has 1 fully saturated rings. The molecule has 1 amide bonds. The molecule has 0 bridgehead atoms. The first kappa shape index (κ1) is 26.2. The van der Waals surface area contributed by atoms with Gasteiger partial charge in [0.25, 0.3) is 0 Å². The molecule has 1 aromatic heterocycles. The highest BCUT2D eigenvalue weighted by molar-refractivity contribution is 5.83. The molecule has 1 aliphatic heterocycles. The number of anilines is 1. The van der Waals surface area contributed by atoms with Gasteiger partial charge in [0, 0.05) is 6.20 Å². The summed E-state index contributed by atoms with van der Waals surface area (Å²) >= 11 is 0. The van der Waals surface area contributed by atoms with E-state index in [9.17, 15) is 29.7 Å². The summed E-state index contributed by atoms with van der Waals surface area (Å²) in [6.45, 7) is 4.24. The van der Waals surface area contributed by atoms with Gasteiger partial charge in [0.05, 0.1) is 6.61 Å². The zero-order valence-electron chi connectivity index (χ0n) is 19.3. The highest BCUT2D eigenvalue weighted by Gasteiger charge is 2.48. The SMILES string of the molecule is Cc1cc(C(OC(=O)Nc2ccnc(=O)[nH]2)C2OC(CO)C(O)C2O)cc(C)c1OC(=O)C(C)N. The van der Waals surface area contributed by atoms with Crippen molar-refractivity contribution in [3.8, 4) is 5.75 Å². The first-order chi connectivity index (χ1) is 16.5. The minimum Gasteiger partial charge on any atom is -0.438 e. The van der Waals surface area contributed by atoms with E-state index in [1.807, 2.05) is 0 Å². The Morgan fingerprint density at radius 2 is 1.91 bits per heavy atom. The number of H-pyrrole nitrogens is 1. The normalized spacial score (nSPS) is 23.4. The number of hydrogen-bond acceptors (Lipinski definition) is 11. The molecular formula is C22H28N4O9. The van der Waals surface area contributed by atoms with Crippen molar-refractivity contribution in [2.75, 3.05) is 11.9 Å². The van der Waals surface area contributed by atoms with Crippen LogP contribution in [0.4, 0.5) is 10.6 Å². The third kappa shape index (κ3) is 6.01. The molecule has 6 atom stereocenters. The van der Waals surface area contributed by atoms with Crippen LogP contribution >= 0.6 is 0 Å². The van der Waals surface area contributed by atoms with Gasteiger partial charge in [-0.2, -0.15) is 0 Å². The molecule has 2 aromatic rings. The fourth-order valence-corrected chi connectivity index (χ4v) is 3.70. The number of aromatic nitrogens is 2. The van der Waals surface area contributed by atoms with Crippen molar-refractivity contribution in [3.05, 3.63) is 51.6 Å². The largest absolute Gasteiger partial charge is 0.438 e. The zero-order valence-corrected chi connectivity index (χ0v) is 19.3. The minimum absolute atomic E-state index is 0.0143. The van der Waals surface area contributed by atoms with Crippen LogP contribution in [-0.2, 0) is 14.3 Å². The number of amides is 1. The number of aliphatic hydroxyl groups excluding tert-OH is 3. The van der Waals surface area contributed by atoms with Crippen LogP contribution < -0.4 is 21.5 Å². The molecule has 1 aromatic carbocycles. The summed E-state index contributed by atoms with van der Waals surface area (Å²) in [7, 11) is 0. The number of benzene rings is 1. The molecule has 0 spiro atoms. The number of hydrogen-bond donors (Lipinski definition) is 6. The van der Waals surface area contributed by atoms with Crippen molar-refractivity contribution in [2.24, 2.45) is 5.73 Å². The Balaban J connectivity index is 1.94. The number of carbonyl (C=O) groups is 2. The quantitative estimate of drug-likeness (QED) is 0.213. The number of aryl methyl sites for hydroxylation is 2. The van der Waals surface area contributed by atoms with Crippen LogP contribution in [0.5, 0.6) is 5.75 Å². The molecule has 0 saturated carbocycles. The predicted octanol–water partition coefficient (Wildman–Crippen LogP) is -0.589. The topological polar surface area (TPSA) is 206 Å². The van der Waals surface area contributed by atoms with Crippen molar-refractivity contribution >= 4 is 17.9 Å². The van der Waals surface area contributed by atoms with E-state index in [1.54, 1.807) is 26.0 Å². The minimum atomic E-state index is -1.50. The number of carbonyl (C=O) groups excluding carboxylic acids is 2. The molecule has 13 heteroatoms. The molecule has 190 valence electrons. The second-order valence-electron chi connectivity index (χ2n) is 8.24. The third-order valence-electron chi connectivity index (χ3n) is 5.41. The first-order valence-corrected chi connectivity index (χ1v) is 10.8. The standard InChI is InChI=1S/C22H28N4O9/c1-9-6-12(7-10(2)17(9)34-20(30)11(3)23)18(19-16(29)15(28)13(8-27)33-19)35-22(32)26-14-4-5-24-21(31)25-14/h4-7,11,13,15-16,18-19,27-29H,8,23H2,1-3H3,(H2,24,25,26,31,32). The Bertz CT molecular complexity index is 1110. The first-order valence-electron chi connectivity index (χ1n) is 10.8. The van der Waals surface area contributed by atoms with Gasteiger partial charge in [-0.1, -0.05) is 0 Å². The number of aliphatic hydroxyl groups is 3. The smallest absolute Gasteiger partial charge is 0.413 e. The van der Waals surface area contributed by atoms with Crippen molar-refractivity contribution in [1.82, 2.24) is 9.97 Å². The monoisotopic (exact) mass is 492 g/mol. The highest BCUT2D eigenvalue weighted by atomic mass is 16.6. The Labute approximate surface area is 199 Å². The van der Waals surface area contributed by atoms with Crippen molar-refractivity contribution in [2.45, 2.75) is 57.3 Å². The summed E-state index contributed by atoms with van der Waals surface area (Å²) in [6, 6.07) is 3.63. The lowest BCUT2D eigenvalue weighted by Crippen LogP contribution is -2.37. The van der Waals surface area contributed by atoms with E-state index in [-0.39, 0.29) is 11.6 Å². The van der Waals surface area contributed by atoms with Crippen LogP contribution in [0, 0.1) is 13.8 Å². The summed E-state index contributed by atoms with van der Waals surface area (Å²) in [5.74, 6) is -0.346. The number of nitrogens with one attached hydrogen (secondary N) is 2. The van der Waals surface area contributed by atoms with E-state index >= 15 is 0 Å². The average molecular weight is 492 g/mol. The molecule has 1 aliphatic rings. The van der Waals surface area contributed by atoms with Crippen LogP contribution in [0.2, 0.25) is 0 Å². The van der Waals surface area contributed by atoms with Gasteiger partial charge in [0.1, 0.15) is 42.0 Å². The molecule has 0 radical (unpaired) electrons. The van der Waals surface area contributed by atoms with Crippen molar-refractivity contribution in [1.29, 1.82) is 0 Å². The van der Waals surface area contributed by atoms with Gasteiger partial charge in [-0.3, -0.25) is 10.3 Å². The lowest BCUT2D eigenvalue weighted by molar-refractivity contribution is -0.135. The number of ether oxygens (including phenoxy) is 3. The van der Waals surface area contributed by atoms with Gasteiger partial charge >= 0.3 is 17.8 Å². The van der Waals surface area contributed by atoms with Crippen molar-refractivity contribution in [3.63, 3.8) is 0 Å². The average Bonchev–Trinajstić information content (AvgIpc) is 3.07. The second kappa shape index (κ2) is 10.9. The van der Waals surface area contributed by atoms with Crippen molar-refractivity contribution < 1.29 is 39.1 Å². The Hall–Kier alpha value is -3.36. The van der Waals surface area contributed by atoms with E-state index in [0.29, 0.717) is 16.7 Å². The predicted molar refractivity (Wildman–Crippen MR) is 121 cm³/mol. The molecule has 13 nitrogen and oxygen atoms in total. The molecule has 2 heterocycles. The summed E-state index contributed by atoms with van der Waals surface area (Å²) in [4.78, 5) is 41.8. The van der Waals surface area contributed by atoms with E-state index in [1.165, 1.54) is 19.2 Å². The number of esters is 1. The number of rotatable bonds is 7. The maximum Gasteiger partial charge on any atom is 0.413 e. The Morgan fingerprint density at radius 1 is 1.26 bits per heavy atom. The fourth-order valence-electron chi connectivity index (χ4n) is 3.70. The lowest BCUT2D eigenvalue weighted by Gasteiger charge is -2.27. The third-order valence-corrected chi connectivity index (χ3v) is 5.41. The molecule has 6 unspecified atom stereocenters. The van der Waals surface area contributed by atoms with Gasteiger partial charge in [0.15, 0.2) is 6.10 Å². The van der Waals surface area contributed by atoms with E-state index in [0.717, 1.165) is 0 Å². The molecule has 0 aliphatic carbocycles. The van der Waals surface area contributed by atoms with Gasteiger partial charge < -0.3 is 35.3 Å². The molecule has 1 saturated heterocycles. The van der Waals surface area contributed by atoms with E-state index < -0.39 is 60.9 Å². The number of aromatic amines is 1. The van der Waals surface area contributed by atoms with Gasteiger partial charge in [-0.25, -0.2) is 19.4 Å². The second-order valence-corrected chi connectivity index (χ2v) is 8.24. The van der Waals surface area contributed by atoms with E-state index in [2.05, 4.69) is 15.3 Å². The maximum absolute atomic E-state index is 12.7. The van der Waals surface area contributed by atoms with Crippen LogP contribution in [-0.4, -0.2) is 74.4 Å². The number of nitrogens with two attached hydrogens (primary N) is 1. The summed E-state index contributed by atoms with van der Waals surface area (Å²) in [5.41, 5.74) is 6.25. The summed E-state index contributed by atoms with van der Waals surface area (Å²) in [5, 5.41) is 32.6. The summed E-state index contributed by atoms with van der Waals surface area (Å²) < 4.78 is 16.5. The van der Waals surface area contributed by atoms with Gasteiger partial charge in [-0.05, 0) is 55.7 Å². The molecule has 7 N–H and O–H groups in total. The highest BCUT2D eigenvalue weighted by Crippen LogP contribution is 2.37. The maximum atomic E-state index is 12.7. The summed E-state index contributed by atoms with van der Waals surface area (Å²) in [6.07, 6.45) is -6.36. The lowest BCUT2D eigenvalue weighted by atomic mass is 9.95. The fraction of sp³-hybridized carbons (Fsp3) is 0.455. The molecular weight excluding hydrogens is 464 g/mol. The molecule has 3 rings (SSSR count). The van der Waals surface area contributed by atoms with Crippen LogP contribution in [0.15, 0.2) is 29.2 Å². The van der Waals surface area contributed by atoms with Gasteiger partial charge in [-0.15, -0.1) is 0 Å². The zero-order chi connectivity index (χ0) is 25.9. The van der Waals surface area contributed by atoms with Crippen LogP contribution in [0.25, 0.3) is 0 Å². The van der Waals surface area contributed by atoms with Crippen LogP contribution in [0.1, 0.15) is 29.7 Å². The van der Waals surface area contributed by atoms with Crippen LogP contribution in [0.3, 0.4) is 0 Å². The Kier molecular flexibility index (Phi) is 8.19. The Morgan fingerprint density at radius 3 is 2.46 bits per heavy atom. The number of nitrogens with zero attached hydrogens (tertiary/aromatic N) is 1. The van der Waals surface area contributed by atoms with E-state index in [4.69, 9.17) is 19.9 Å². The molecule has 35 heavy (non-hydrogen) atoms.